The Morgan fingerprint density at radius 2 is 1.79 bits per heavy atom. The third-order valence-electron chi connectivity index (χ3n) is 4.45. The summed E-state index contributed by atoms with van der Waals surface area (Å²) in [4.78, 5) is 14.2. The number of carbonyl (C=O) groups is 1. The second-order valence-corrected chi connectivity index (χ2v) is 7.01. The fourth-order valence-electron chi connectivity index (χ4n) is 3.33. The summed E-state index contributed by atoms with van der Waals surface area (Å²) in [5.74, 6) is 0.660. The predicted octanol–water partition coefficient (Wildman–Crippen LogP) is 4.66. The average molecular weight is 331 g/mol. The summed E-state index contributed by atoms with van der Waals surface area (Å²) in [5, 5.41) is 10.6. The first-order chi connectivity index (χ1) is 11.4. The first kappa shape index (κ1) is 18.5. The molecular formula is C20H29NO3. The average Bonchev–Trinajstić information content (AvgIpc) is 2.54. The fraction of sp³-hybridized carbons (Fsp3) is 0.550. The molecule has 0 fully saturated rings. The highest BCUT2D eigenvalue weighted by Crippen LogP contribution is 2.33. The van der Waals surface area contributed by atoms with E-state index >= 15 is 0 Å². The number of aliphatic hydroxyl groups excluding tert-OH is 1. The number of rotatable bonds is 5. The van der Waals surface area contributed by atoms with Gasteiger partial charge in [-0.3, -0.25) is 0 Å². The maximum atomic E-state index is 12.4. The monoisotopic (exact) mass is 331 g/mol. The third kappa shape index (κ3) is 4.60. The molecule has 0 spiro atoms. The molecule has 1 aromatic carbocycles. The number of benzene rings is 1. The molecule has 0 saturated carbocycles. The zero-order chi connectivity index (χ0) is 17.7. The van der Waals surface area contributed by atoms with Gasteiger partial charge in [0.15, 0.2) is 0 Å². The lowest BCUT2D eigenvalue weighted by molar-refractivity contribution is 0.0889. The molecular weight excluding hydrogens is 302 g/mol. The van der Waals surface area contributed by atoms with Crippen LogP contribution in [0.3, 0.4) is 0 Å². The highest BCUT2D eigenvalue weighted by atomic mass is 16.6. The Hall–Kier alpha value is -1.81. The molecule has 2 atom stereocenters. The Kier molecular flexibility index (Phi) is 6.44. The van der Waals surface area contributed by atoms with Crippen LogP contribution in [0.5, 0.6) is 0 Å². The molecule has 4 heteroatoms. The van der Waals surface area contributed by atoms with Gasteiger partial charge in [-0.2, -0.15) is 0 Å². The van der Waals surface area contributed by atoms with Crippen LogP contribution in [0.1, 0.15) is 58.6 Å². The van der Waals surface area contributed by atoms with Crippen LogP contribution in [0.2, 0.25) is 0 Å². The van der Waals surface area contributed by atoms with E-state index in [9.17, 15) is 9.90 Å². The summed E-state index contributed by atoms with van der Waals surface area (Å²) in [6, 6.07) is 9.83. The molecule has 0 aliphatic heterocycles. The minimum atomic E-state index is -0.563. The van der Waals surface area contributed by atoms with Crippen molar-refractivity contribution in [2.45, 2.75) is 65.1 Å². The van der Waals surface area contributed by atoms with E-state index < -0.39 is 6.10 Å². The maximum Gasteiger partial charge on any atom is 0.415 e. The van der Waals surface area contributed by atoms with Gasteiger partial charge in [0.05, 0.1) is 6.10 Å². The summed E-state index contributed by atoms with van der Waals surface area (Å²) in [6.45, 7) is 7.94. The van der Waals surface area contributed by atoms with Crippen molar-refractivity contribution in [3.8, 4) is 0 Å². The topological polar surface area (TPSA) is 49.8 Å². The molecule has 0 unspecified atom stereocenters. The predicted molar refractivity (Wildman–Crippen MR) is 95.4 cm³/mol. The summed E-state index contributed by atoms with van der Waals surface area (Å²) < 4.78 is 5.63. The van der Waals surface area contributed by atoms with Gasteiger partial charge in [0.2, 0.25) is 0 Å². The summed E-state index contributed by atoms with van der Waals surface area (Å²) >= 11 is 0. The number of hydrogen-bond donors (Lipinski definition) is 1. The van der Waals surface area contributed by atoms with E-state index in [1.807, 2.05) is 64.1 Å². The number of nitrogens with zero attached hydrogens (tertiary/aromatic N) is 1. The Bertz CT molecular complexity index is 558. The molecule has 0 bridgehead atoms. The Labute approximate surface area is 145 Å². The Morgan fingerprint density at radius 1 is 1.17 bits per heavy atom. The lowest BCUT2D eigenvalue weighted by Crippen LogP contribution is -2.42. The number of aliphatic hydroxyl groups is 1. The lowest BCUT2D eigenvalue weighted by atomic mass is 9.87. The van der Waals surface area contributed by atoms with Gasteiger partial charge in [-0.05, 0) is 52.2 Å². The fourth-order valence-corrected chi connectivity index (χ4v) is 3.33. The molecule has 1 aliphatic rings. The van der Waals surface area contributed by atoms with Gasteiger partial charge in [0, 0.05) is 24.4 Å². The van der Waals surface area contributed by atoms with E-state index in [-0.39, 0.29) is 24.1 Å². The normalized spacial score (nSPS) is 19.1. The molecule has 2 rings (SSSR count). The van der Waals surface area contributed by atoms with E-state index in [1.54, 1.807) is 4.90 Å². The van der Waals surface area contributed by atoms with E-state index in [0.29, 0.717) is 5.76 Å². The van der Waals surface area contributed by atoms with Gasteiger partial charge in [-0.25, -0.2) is 4.79 Å². The maximum absolute atomic E-state index is 12.4. The van der Waals surface area contributed by atoms with Crippen LogP contribution >= 0.6 is 0 Å². The number of hydrogen-bond acceptors (Lipinski definition) is 3. The number of carbonyl (C=O) groups excluding carboxylic acids is 1. The number of amides is 1. The molecule has 1 aromatic rings. The smallest absolute Gasteiger partial charge is 0.415 e. The molecule has 1 amide bonds. The van der Waals surface area contributed by atoms with Gasteiger partial charge in [-0.1, -0.05) is 30.3 Å². The SMILES string of the molecule is CC(C)N(C(=O)OC1=C[C@H]([C@H](O)c2ccccc2)CCC1)C(C)C. The number of allylic oxidation sites excluding steroid dienone is 1. The summed E-state index contributed by atoms with van der Waals surface area (Å²) in [7, 11) is 0. The molecule has 24 heavy (non-hydrogen) atoms. The molecule has 1 aliphatic carbocycles. The van der Waals surface area contributed by atoms with Gasteiger partial charge < -0.3 is 14.7 Å². The van der Waals surface area contributed by atoms with Crippen molar-refractivity contribution < 1.29 is 14.6 Å². The van der Waals surface area contributed by atoms with Gasteiger partial charge in [-0.15, -0.1) is 0 Å². The van der Waals surface area contributed by atoms with E-state index in [2.05, 4.69) is 0 Å². The molecule has 0 aromatic heterocycles. The first-order valence-corrected chi connectivity index (χ1v) is 8.84. The van der Waals surface area contributed by atoms with Crippen LogP contribution in [0.25, 0.3) is 0 Å². The third-order valence-corrected chi connectivity index (χ3v) is 4.45. The number of ether oxygens (including phenoxy) is 1. The molecule has 0 heterocycles. The second kappa shape index (κ2) is 8.34. The van der Waals surface area contributed by atoms with Gasteiger partial charge in [0.1, 0.15) is 5.76 Å². The van der Waals surface area contributed by atoms with E-state index in [1.165, 1.54) is 0 Å². The van der Waals surface area contributed by atoms with Crippen molar-refractivity contribution in [1.82, 2.24) is 4.90 Å². The summed E-state index contributed by atoms with van der Waals surface area (Å²) in [6.07, 6.45) is 3.62. The van der Waals surface area contributed by atoms with Crippen molar-refractivity contribution in [2.75, 3.05) is 0 Å². The van der Waals surface area contributed by atoms with Crippen LogP contribution in [0, 0.1) is 5.92 Å². The highest BCUT2D eigenvalue weighted by Gasteiger charge is 2.27. The van der Waals surface area contributed by atoms with Gasteiger partial charge in [0.25, 0.3) is 0 Å². The quantitative estimate of drug-likeness (QED) is 0.853. The first-order valence-electron chi connectivity index (χ1n) is 8.84. The van der Waals surface area contributed by atoms with Crippen LogP contribution in [-0.4, -0.2) is 28.2 Å². The zero-order valence-corrected chi connectivity index (χ0v) is 15.1. The second-order valence-electron chi connectivity index (χ2n) is 7.01. The van der Waals surface area contributed by atoms with Crippen molar-refractivity contribution in [3.63, 3.8) is 0 Å². The molecule has 132 valence electrons. The highest BCUT2D eigenvalue weighted by molar-refractivity contribution is 5.69. The van der Waals surface area contributed by atoms with Crippen LogP contribution < -0.4 is 0 Å². The molecule has 4 nitrogen and oxygen atoms in total. The largest absolute Gasteiger partial charge is 0.415 e. The van der Waals surface area contributed by atoms with Gasteiger partial charge >= 0.3 is 6.09 Å². The minimum Gasteiger partial charge on any atom is -0.415 e. The standard InChI is InChI=1S/C20H29NO3/c1-14(2)21(15(3)4)20(23)24-18-12-8-11-17(13-18)19(22)16-9-6-5-7-10-16/h5-7,9-10,13-15,17,19,22H,8,11-12H2,1-4H3/t17-,19-/m1/s1. The van der Waals surface area contributed by atoms with Crippen LogP contribution in [-0.2, 0) is 4.74 Å². The minimum absolute atomic E-state index is 0.0181. The molecule has 0 saturated heterocycles. The molecule has 1 N–H and O–H groups in total. The summed E-state index contributed by atoms with van der Waals surface area (Å²) in [5.41, 5.74) is 0.900. The zero-order valence-electron chi connectivity index (χ0n) is 15.1. The van der Waals surface area contributed by atoms with Crippen LogP contribution in [0.4, 0.5) is 4.79 Å². The van der Waals surface area contributed by atoms with Crippen LogP contribution in [0.15, 0.2) is 42.2 Å². The van der Waals surface area contributed by atoms with E-state index in [4.69, 9.17) is 4.74 Å². The Morgan fingerprint density at radius 3 is 2.38 bits per heavy atom. The van der Waals surface area contributed by atoms with Crippen molar-refractivity contribution in [3.05, 3.63) is 47.7 Å². The van der Waals surface area contributed by atoms with Crippen molar-refractivity contribution in [1.29, 1.82) is 0 Å². The Balaban J connectivity index is 2.08. The van der Waals surface area contributed by atoms with Crippen molar-refractivity contribution >= 4 is 6.09 Å². The molecule has 0 radical (unpaired) electrons. The van der Waals surface area contributed by atoms with Crippen molar-refractivity contribution in [2.24, 2.45) is 5.92 Å². The lowest BCUT2D eigenvalue weighted by Gasteiger charge is -2.31. The van der Waals surface area contributed by atoms with E-state index in [0.717, 1.165) is 24.8 Å².